The van der Waals surface area contributed by atoms with Gasteiger partial charge in [0.25, 0.3) is 6.43 Å². The highest BCUT2D eigenvalue weighted by molar-refractivity contribution is 5.40. The number of hydrogen-bond acceptors (Lipinski definition) is 3. The van der Waals surface area contributed by atoms with Crippen LogP contribution in [-0.2, 0) is 6.54 Å². The highest BCUT2D eigenvalue weighted by Gasteiger charge is 2.17. The summed E-state index contributed by atoms with van der Waals surface area (Å²) < 4.78 is 36.9. The molecular formula is C7H8F3N3. The van der Waals surface area contributed by atoms with E-state index in [0.29, 0.717) is 0 Å². The van der Waals surface area contributed by atoms with Crippen molar-refractivity contribution in [2.24, 2.45) is 5.73 Å². The molecule has 4 N–H and O–H groups in total. The molecule has 72 valence electrons. The van der Waals surface area contributed by atoms with Crippen LogP contribution in [0.3, 0.4) is 0 Å². The average Bonchev–Trinajstić information content (AvgIpc) is 2.07. The average molecular weight is 191 g/mol. The van der Waals surface area contributed by atoms with Crippen molar-refractivity contribution in [2.75, 3.05) is 5.73 Å². The Labute approximate surface area is 72.6 Å². The Morgan fingerprint density at radius 1 is 1.46 bits per heavy atom. The number of anilines is 1. The molecule has 0 atom stereocenters. The van der Waals surface area contributed by atoms with Gasteiger partial charge in [-0.05, 0) is 6.07 Å². The summed E-state index contributed by atoms with van der Waals surface area (Å²) in [5.74, 6) is -1.23. The van der Waals surface area contributed by atoms with E-state index in [4.69, 9.17) is 11.5 Å². The number of nitrogens with two attached hydrogens (primary N) is 2. The lowest BCUT2D eigenvalue weighted by Crippen LogP contribution is -2.08. The molecule has 0 unspecified atom stereocenters. The van der Waals surface area contributed by atoms with Gasteiger partial charge in [0.1, 0.15) is 11.5 Å². The molecule has 1 rings (SSSR count). The van der Waals surface area contributed by atoms with E-state index in [1.165, 1.54) is 0 Å². The van der Waals surface area contributed by atoms with Gasteiger partial charge in [-0.15, -0.1) is 0 Å². The summed E-state index contributed by atoms with van der Waals surface area (Å²) in [5.41, 5.74) is 9.71. The second kappa shape index (κ2) is 3.61. The van der Waals surface area contributed by atoms with Gasteiger partial charge in [-0.25, -0.2) is 18.2 Å². The van der Waals surface area contributed by atoms with Crippen molar-refractivity contribution in [3.63, 3.8) is 0 Å². The van der Waals surface area contributed by atoms with Crippen LogP contribution in [0, 0.1) is 5.82 Å². The molecule has 0 spiro atoms. The summed E-state index contributed by atoms with van der Waals surface area (Å²) in [6.07, 6.45) is -2.96. The minimum absolute atomic E-state index is 0.0285. The topological polar surface area (TPSA) is 64.9 Å². The molecule has 0 aliphatic rings. The third kappa shape index (κ3) is 1.89. The summed E-state index contributed by atoms with van der Waals surface area (Å²) >= 11 is 0. The van der Waals surface area contributed by atoms with Crippen LogP contribution in [0.4, 0.5) is 19.0 Å². The van der Waals surface area contributed by atoms with Crippen LogP contribution in [0.15, 0.2) is 6.07 Å². The molecule has 6 heteroatoms. The highest BCUT2D eigenvalue weighted by Crippen LogP contribution is 2.22. The van der Waals surface area contributed by atoms with Crippen molar-refractivity contribution < 1.29 is 13.2 Å². The van der Waals surface area contributed by atoms with Crippen LogP contribution in [-0.4, -0.2) is 4.98 Å². The van der Waals surface area contributed by atoms with Crippen LogP contribution in [0.2, 0.25) is 0 Å². The molecule has 0 aromatic carbocycles. The molecule has 0 aliphatic heterocycles. The van der Waals surface area contributed by atoms with E-state index >= 15 is 0 Å². The molecule has 0 saturated carbocycles. The number of halogens is 3. The fourth-order valence-electron chi connectivity index (χ4n) is 0.872. The predicted octanol–water partition coefficient (Wildman–Crippen LogP) is 1.20. The summed E-state index contributed by atoms with van der Waals surface area (Å²) in [5, 5.41) is 0. The third-order valence-electron chi connectivity index (χ3n) is 1.54. The molecule has 0 bridgehead atoms. The van der Waals surface area contributed by atoms with Crippen molar-refractivity contribution >= 4 is 5.82 Å². The Hall–Kier alpha value is -1.30. The fraction of sp³-hybridized carbons (Fsp3) is 0.286. The van der Waals surface area contributed by atoms with Gasteiger partial charge in [-0.1, -0.05) is 0 Å². The highest BCUT2D eigenvalue weighted by atomic mass is 19.3. The number of aromatic nitrogens is 1. The molecular weight excluding hydrogens is 183 g/mol. The van der Waals surface area contributed by atoms with Gasteiger partial charge >= 0.3 is 0 Å². The largest absolute Gasteiger partial charge is 0.383 e. The van der Waals surface area contributed by atoms with Crippen molar-refractivity contribution in [3.05, 3.63) is 23.1 Å². The van der Waals surface area contributed by atoms with E-state index in [1.54, 1.807) is 0 Å². The van der Waals surface area contributed by atoms with Crippen LogP contribution in [0.25, 0.3) is 0 Å². The Morgan fingerprint density at radius 3 is 2.54 bits per heavy atom. The lowest BCUT2D eigenvalue weighted by molar-refractivity contribution is 0.140. The maximum absolute atomic E-state index is 12.8. The molecule has 3 nitrogen and oxygen atoms in total. The summed E-state index contributed by atoms with van der Waals surface area (Å²) in [7, 11) is 0. The van der Waals surface area contributed by atoms with E-state index in [9.17, 15) is 13.2 Å². The molecule has 0 saturated heterocycles. The summed E-state index contributed by atoms with van der Waals surface area (Å²) in [6, 6.07) is 0.879. The third-order valence-corrected chi connectivity index (χ3v) is 1.54. The lowest BCUT2D eigenvalue weighted by Gasteiger charge is -2.06. The standard InChI is InChI=1S/C7H8F3N3/c8-4-1-3(2-11)7(12)13-5(4)6(9)10/h1,6H,2,11H2,(H2,12,13). The van der Waals surface area contributed by atoms with Crippen molar-refractivity contribution in [3.8, 4) is 0 Å². The van der Waals surface area contributed by atoms with Crippen LogP contribution in [0.1, 0.15) is 17.7 Å². The first-order chi connectivity index (χ1) is 6.06. The fourth-order valence-corrected chi connectivity index (χ4v) is 0.872. The molecule has 0 radical (unpaired) electrons. The van der Waals surface area contributed by atoms with Gasteiger partial charge in [-0.2, -0.15) is 0 Å². The number of rotatable bonds is 2. The quantitative estimate of drug-likeness (QED) is 0.738. The van der Waals surface area contributed by atoms with Gasteiger partial charge in [0, 0.05) is 12.1 Å². The molecule has 1 aromatic rings. The number of nitrogen functional groups attached to an aromatic ring is 1. The maximum atomic E-state index is 12.8. The Balaban J connectivity index is 3.20. The molecule has 0 aliphatic carbocycles. The second-order valence-corrected chi connectivity index (χ2v) is 2.40. The summed E-state index contributed by atoms with van der Waals surface area (Å²) in [4.78, 5) is 3.22. The molecule has 1 aromatic heterocycles. The number of nitrogens with zero attached hydrogens (tertiary/aromatic N) is 1. The molecule has 1 heterocycles. The normalized spacial score (nSPS) is 10.8. The Morgan fingerprint density at radius 2 is 2.08 bits per heavy atom. The SMILES string of the molecule is NCc1cc(F)c(C(F)F)nc1N. The molecule has 0 fully saturated rings. The molecule has 0 amide bonds. The van der Waals surface area contributed by atoms with E-state index in [2.05, 4.69) is 4.98 Å². The lowest BCUT2D eigenvalue weighted by atomic mass is 10.2. The van der Waals surface area contributed by atoms with E-state index < -0.39 is 17.9 Å². The summed E-state index contributed by atoms with van der Waals surface area (Å²) in [6.45, 7) is -0.0285. The maximum Gasteiger partial charge on any atom is 0.283 e. The Kier molecular flexibility index (Phi) is 2.72. The molecule has 13 heavy (non-hydrogen) atoms. The van der Waals surface area contributed by atoms with E-state index in [0.717, 1.165) is 6.07 Å². The van der Waals surface area contributed by atoms with E-state index in [-0.39, 0.29) is 17.9 Å². The minimum Gasteiger partial charge on any atom is -0.383 e. The predicted molar refractivity (Wildman–Crippen MR) is 41.5 cm³/mol. The van der Waals surface area contributed by atoms with Crippen molar-refractivity contribution in [2.45, 2.75) is 13.0 Å². The van der Waals surface area contributed by atoms with Gasteiger partial charge in [0.05, 0.1) is 0 Å². The number of hydrogen-bond donors (Lipinski definition) is 2. The second-order valence-electron chi connectivity index (χ2n) is 2.40. The van der Waals surface area contributed by atoms with E-state index in [1.807, 2.05) is 0 Å². The van der Waals surface area contributed by atoms with Crippen LogP contribution < -0.4 is 11.5 Å². The smallest absolute Gasteiger partial charge is 0.283 e. The first kappa shape index (κ1) is 9.79. The van der Waals surface area contributed by atoms with Crippen molar-refractivity contribution in [1.29, 1.82) is 0 Å². The zero-order chi connectivity index (χ0) is 10.0. The van der Waals surface area contributed by atoms with Crippen LogP contribution >= 0.6 is 0 Å². The Bertz CT molecular complexity index is 314. The van der Waals surface area contributed by atoms with Crippen LogP contribution in [0.5, 0.6) is 0 Å². The first-order valence-electron chi connectivity index (χ1n) is 3.49. The van der Waals surface area contributed by atoms with Gasteiger partial charge in [0.2, 0.25) is 0 Å². The first-order valence-corrected chi connectivity index (χ1v) is 3.49. The minimum atomic E-state index is -2.96. The van der Waals surface area contributed by atoms with Gasteiger partial charge in [-0.3, -0.25) is 0 Å². The zero-order valence-corrected chi connectivity index (χ0v) is 6.60. The van der Waals surface area contributed by atoms with Gasteiger partial charge in [0.15, 0.2) is 5.82 Å². The number of alkyl halides is 2. The number of pyridine rings is 1. The van der Waals surface area contributed by atoms with Gasteiger partial charge < -0.3 is 11.5 Å². The monoisotopic (exact) mass is 191 g/mol. The van der Waals surface area contributed by atoms with Crippen molar-refractivity contribution in [1.82, 2.24) is 4.98 Å². The zero-order valence-electron chi connectivity index (χ0n) is 6.60.